The molecule has 0 saturated carbocycles. The molecule has 2 aromatic heterocycles. The van der Waals surface area contributed by atoms with Crippen LogP contribution in [0, 0.1) is 0 Å². The molecule has 0 amide bonds. The SMILES string of the molecule is C=C1NCCNCCNc2cccc(c2)-c2cnn3ccc1nc23. The molecule has 1 aliphatic rings. The van der Waals surface area contributed by atoms with Gasteiger partial charge in [0.25, 0.3) is 0 Å². The third kappa shape index (κ3) is 2.83. The molecule has 0 atom stereocenters. The van der Waals surface area contributed by atoms with E-state index in [1.165, 1.54) is 0 Å². The van der Waals surface area contributed by atoms with Crippen LogP contribution in [0.2, 0.25) is 0 Å². The number of benzene rings is 1. The smallest absolute Gasteiger partial charge is 0.163 e. The molecule has 122 valence electrons. The number of rotatable bonds is 0. The Bertz CT molecular complexity index is 882. The molecule has 0 aliphatic carbocycles. The predicted octanol–water partition coefficient (Wildman–Crippen LogP) is 1.97. The van der Waals surface area contributed by atoms with Gasteiger partial charge >= 0.3 is 0 Å². The molecule has 0 fully saturated rings. The fraction of sp³-hybridized carbons (Fsp3) is 0.222. The quantitative estimate of drug-likeness (QED) is 0.591. The van der Waals surface area contributed by atoms with Crippen LogP contribution in [0.5, 0.6) is 0 Å². The molecule has 0 spiro atoms. The van der Waals surface area contributed by atoms with Crippen LogP contribution in [0.1, 0.15) is 5.69 Å². The van der Waals surface area contributed by atoms with E-state index < -0.39 is 0 Å². The molecule has 3 heterocycles. The molecule has 1 aliphatic heterocycles. The molecule has 1 aromatic carbocycles. The first kappa shape index (κ1) is 14.7. The maximum Gasteiger partial charge on any atom is 0.163 e. The lowest BCUT2D eigenvalue weighted by atomic mass is 10.1. The summed E-state index contributed by atoms with van der Waals surface area (Å²) in [5, 5.41) is 14.6. The van der Waals surface area contributed by atoms with Gasteiger partial charge in [0.15, 0.2) is 5.65 Å². The Morgan fingerprint density at radius 2 is 1.92 bits per heavy atom. The number of fused-ring (bicyclic) bond motifs is 4. The summed E-state index contributed by atoms with van der Waals surface area (Å²) in [4.78, 5) is 4.76. The number of nitrogens with one attached hydrogen (secondary N) is 3. The van der Waals surface area contributed by atoms with Gasteiger partial charge in [0, 0.05) is 43.6 Å². The number of hydrogen-bond donors (Lipinski definition) is 3. The zero-order chi connectivity index (χ0) is 16.4. The molecule has 0 saturated heterocycles. The van der Waals surface area contributed by atoms with Crippen LogP contribution in [-0.2, 0) is 0 Å². The Morgan fingerprint density at radius 1 is 1.04 bits per heavy atom. The maximum atomic E-state index is 4.76. The highest BCUT2D eigenvalue weighted by Crippen LogP contribution is 2.26. The summed E-state index contributed by atoms with van der Waals surface area (Å²) in [6.07, 6.45) is 3.79. The predicted molar refractivity (Wildman–Crippen MR) is 96.8 cm³/mol. The Kier molecular flexibility index (Phi) is 3.88. The first-order valence-electron chi connectivity index (χ1n) is 8.14. The number of aromatic nitrogens is 3. The number of nitrogens with zero attached hydrogens (tertiary/aromatic N) is 3. The first-order chi connectivity index (χ1) is 11.8. The van der Waals surface area contributed by atoms with Gasteiger partial charge in [0.05, 0.1) is 17.6 Å². The minimum atomic E-state index is 0.811. The molecule has 6 heteroatoms. The van der Waals surface area contributed by atoms with Crippen molar-refractivity contribution in [2.24, 2.45) is 0 Å². The molecule has 3 aromatic rings. The largest absolute Gasteiger partial charge is 0.384 e. The molecule has 6 nitrogen and oxygen atoms in total. The molecule has 0 unspecified atom stereocenters. The summed E-state index contributed by atoms with van der Waals surface area (Å²) in [6.45, 7) is 7.57. The first-order valence-corrected chi connectivity index (χ1v) is 8.14. The topological polar surface area (TPSA) is 66.3 Å². The Labute approximate surface area is 140 Å². The molecule has 3 N–H and O–H groups in total. The average molecular weight is 320 g/mol. The Balaban J connectivity index is 1.82. The van der Waals surface area contributed by atoms with Crippen LogP contribution >= 0.6 is 0 Å². The molecule has 4 rings (SSSR count). The van der Waals surface area contributed by atoms with E-state index in [1.807, 2.05) is 18.5 Å². The Hall–Kier alpha value is -2.86. The van der Waals surface area contributed by atoms with E-state index in [9.17, 15) is 0 Å². The lowest BCUT2D eigenvalue weighted by Gasteiger charge is -2.10. The van der Waals surface area contributed by atoms with Crippen LogP contribution in [-0.4, -0.2) is 40.8 Å². The van der Waals surface area contributed by atoms with E-state index in [0.717, 1.165) is 60.0 Å². The van der Waals surface area contributed by atoms with Gasteiger partial charge in [-0.1, -0.05) is 18.7 Å². The van der Waals surface area contributed by atoms with Crippen molar-refractivity contribution in [3.63, 3.8) is 0 Å². The summed E-state index contributed by atoms with van der Waals surface area (Å²) in [5.41, 5.74) is 5.71. The van der Waals surface area contributed by atoms with Crippen LogP contribution < -0.4 is 16.0 Å². The van der Waals surface area contributed by atoms with E-state index in [4.69, 9.17) is 4.98 Å². The molecule has 4 bridgehead atoms. The highest BCUT2D eigenvalue weighted by Gasteiger charge is 2.11. The summed E-state index contributed by atoms with van der Waals surface area (Å²) < 4.78 is 1.80. The summed E-state index contributed by atoms with van der Waals surface area (Å²) in [7, 11) is 0. The monoisotopic (exact) mass is 320 g/mol. The highest BCUT2D eigenvalue weighted by molar-refractivity contribution is 5.79. The second-order valence-corrected chi connectivity index (χ2v) is 5.80. The summed E-state index contributed by atoms with van der Waals surface area (Å²) >= 11 is 0. The Morgan fingerprint density at radius 3 is 2.83 bits per heavy atom. The van der Waals surface area contributed by atoms with Gasteiger partial charge < -0.3 is 16.0 Å². The zero-order valence-electron chi connectivity index (χ0n) is 13.4. The van der Waals surface area contributed by atoms with Crippen LogP contribution in [0.25, 0.3) is 22.5 Å². The molecular formula is C18H20N6. The lowest BCUT2D eigenvalue weighted by molar-refractivity contribution is 0.678. The van der Waals surface area contributed by atoms with Gasteiger partial charge in [-0.2, -0.15) is 5.10 Å². The third-order valence-corrected chi connectivity index (χ3v) is 4.12. The van der Waals surface area contributed by atoms with E-state index in [0.29, 0.717) is 0 Å². The zero-order valence-corrected chi connectivity index (χ0v) is 13.4. The van der Waals surface area contributed by atoms with Gasteiger partial charge in [-0.3, -0.25) is 0 Å². The normalized spacial score (nSPS) is 15.4. The minimum Gasteiger partial charge on any atom is -0.384 e. The summed E-state index contributed by atoms with van der Waals surface area (Å²) in [6, 6.07) is 10.3. The van der Waals surface area contributed by atoms with Crippen molar-refractivity contribution in [2.45, 2.75) is 0 Å². The lowest BCUT2D eigenvalue weighted by Crippen LogP contribution is -2.29. The summed E-state index contributed by atoms with van der Waals surface area (Å²) in [5.74, 6) is 0. The van der Waals surface area contributed by atoms with E-state index in [2.05, 4.69) is 51.9 Å². The second kappa shape index (κ2) is 6.33. The van der Waals surface area contributed by atoms with Crippen LogP contribution in [0.15, 0.2) is 49.3 Å². The van der Waals surface area contributed by atoms with E-state index in [1.54, 1.807) is 4.52 Å². The fourth-order valence-electron chi connectivity index (χ4n) is 2.85. The average Bonchev–Trinajstić information content (AvgIpc) is 3.03. The van der Waals surface area contributed by atoms with Gasteiger partial charge in [-0.05, 0) is 23.8 Å². The van der Waals surface area contributed by atoms with E-state index >= 15 is 0 Å². The van der Waals surface area contributed by atoms with Crippen molar-refractivity contribution < 1.29 is 0 Å². The van der Waals surface area contributed by atoms with Crippen molar-refractivity contribution >= 4 is 17.0 Å². The fourth-order valence-corrected chi connectivity index (χ4v) is 2.85. The third-order valence-electron chi connectivity index (χ3n) is 4.12. The van der Waals surface area contributed by atoms with Crippen LogP contribution in [0.4, 0.5) is 5.69 Å². The molecular weight excluding hydrogens is 300 g/mol. The second-order valence-electron chi connectivity index (χ2n) is 5.80. The molecule has 24 heavy (non-hydrogen) atoms. The van der Waals surface area contributed by atoms with Crippen molar-refractivity contribution in [3.05, 3.63) is 55.0 Å². The highest BCUT2D eigenvalue weighted by atomic mass is 15.2. The van der Waals surface area contributed by atoms with Gasteiger partial charge in [-0.25, -0.2) is 9.50 Å². The van der Waals surface area contributed by atoms with Crippen molar-refractivity contribution in [1.29, 1.82) is 0 Å². The number of anilines is 1. The van der Waals surface area contributed by atoms with Crippen LogP contribution in [0.3, 0.4) is 0 Å². The standard InChI is InChI=1S/C18H20N6/c1-13-17-5-10-24-18(23-17)16(12-22-24)14-3-2-4-15(11-14)21-9-7-19-6-8-20-13/h2-5,10-12,19-21H,1,6-9H2. The van der Waals surface area contributed by atoms with Gasteiger partial charge in [-0.15, -0.1) is 0 Å². The van der Waals surface area contributed by atoms with Gasteiger partial charge in [0.1, 0.15) is 0 Å². The maximum absolute atomic E-state index is 4.76. The molecule has 0 radical (unpaired) electrons. The van der Waals surface area contributed by atoms with Crippen molar-refractivity contribution in [3.8, 4) is 11.1 Å². The number of hydrogen-bond acceptors (Lipinski definition) is 5. The van der Waals surface area contributed by atoms with E-state index in [-0.39, 0.29) is 0 Å². The van der Waals surface area contributed by atoms with Gasteiger partial charge in [0.2, 0.25) is 0 Å². The van der Waals surface area contributed by atoms with Crippen molar-refractivity contribution in [2.75, 3.05) is 31.5 Å². The van der Waals surface area contributed by atoms with Crippen molar-refractivity contribution in [1.82, 2.24) is 25.2 Å². The minimum absolute atomic E-state index is 0.811.